The summed E-state index contributed by atoms with van der Waals surface area (Å²) in [5.74, 6) is 5.75. The molecule has 4 aliphatic rings. The fourth-order valence-electron chi connectivity index (χ4n) is 9.15. The van der Waals surface area contributed by atoms with Gasteiger partial charge in [0.05, 0.1) is 11.8 Å². The van der Waals surface area contributed by atoms with Crippen molar-refractivity contribution in [2.75, 3.05) is 11.5 Å². The molecule has 1 aromatic carbocycles. The molecule has 1 aromatic rings. The largest absolute Gasteiger partial charge is 0.488 e. The summed E-state index contributed by atoms with van der Waals surface area (Å²) in [6.45, 7) is 13.8. The van der Waals surface area contributed by atoms with Crippen LogP contribution in [0.2, 0.25) is 0 Å². The molecule has 0 radical (unpaired) electrons. The number of benzene rings is 1. The summed E-state index contributed by atoms with van der Waals surface area (Å²) in [5.41, 5.74) is 20.5. The summed E-state index contributed by atoms with van der Waals surface area (Å²) in [7, 11) is 0. The van der Waals surface area contributed by atoms with Gasteiger partial charge in [0.25, 0.3) is 0 Å². The van der Waals surface area contributed by atoms with E-state index in [4.69, 9.17) is 21.9 Å². The van der Waals surface area contributed by atoms with Crippen molar-refractivity contribution in [3.63, 3.8) is 0 Å². The van der Waals surface area contributed by atoms with E-state index in [1.807, 2.05) is 38.1 Å². The monoisotopic (exact) mass is 549 g/mol. The van der Waals surface area contributed by atoms with Crippen LogP contribution in [0.15, 0.2) is 42.1 Å². The number of nitrogen functional groups attached to an aromatic ring is 2. The smallest absolute Gasteiger partial charge is 0.142 e. The van der Waals surface area contributed by atoms with Crippen LogP contribution >= 0.6 is 0 Å². The predicted octanol–water partition coefficient (Wildman–Crippen LogP) is 9.12. The van der Waals surface area contributed by atoms with Crippen molar-refractivity contribution in [3.05, 3.63) is 42.1 Å². The molecule has 0 aromatic heterocycles. The molecule has 3 fully saturated rings. The lowest BCUT2D eigenvalue weighted by Gasteiger charge is -2.49. The van der Waals surface area contributed by atoms with E-state index in [2.05, 4.69) is 39.8 Å². The molecule has 40 heavy (non-hydrogen) atoms. The molecule has 5 rings (SSSR count). The lowest BCUT2D eigenvalue weighted by Crippen LogP contribution is -2.42. The summed E-state index contributed by atoms with van der Waals surface area (Å²) in [5, 5.41) is 0. The molecular weight excluding hydrogens is 490 g/mol. The highest BCUT2D eigenvalue weighted by atomic mass is 16.5. The Balaban J connectivity index is 0.000000681. The third kappa shape index (κ3) is 6.68. The lowest BCUT2D eigenvalue weighted by atomic mass is 9.57. The summed E-state index contributed by atoms with van der Waals surface area (Å²) < 4.78 is 6.44. The highest BCUT2D eigenvalue weighted by molar-refractivity contribution is 5.60. The normalized spacial score (nSPS) is 35.7. The van der Waals surface area contributed by atoms with Crippen LogP contribution < -0.4 is 21.9 Å². The molecule has 0 amide bonds. The number of hydrogen-bond acceptors (Lipinski definition) is 4. The van der Waals surface area contributed by atoms with Gasteiger partial charge in [0.1, 0.15) is 5.75 Å². The topological polar surface area (TPSA) is 87.3 Å². The van der Waals surface area contributed by atoms with E-state index < -0.39 is 0 Å². The van der Waals surface area contributed by atoms with Crippen LogP contribution in [0.5, 0.6) is 5.75 Å². The van der Waals surface area contributed by atoms with Gasteiger partial charge in [-0.05, 0) is 130 Å². The molecule has 4 aliphatic carbocycles. The molecule has 3 saturated carbocycles. The van der Waals surface area contributed by atoms with Crippen molar-refractivity contribution in [1.29, 1.82) is 0 Å². The number of ether oxygens (including phenoxy) is 1. The minimum atomic E-state index is 0.254. The van der Waals surface area contributed by atoms with Gasteiger partial charge in [-0.25, -0.2) is 0 Å². The lowest BCUT2D eigenvalue weighted by molar-refractivity contribution is 0.0164. The van der Waals surface area contributed by atoms with Crippen LogP contribution in [0, 0.1) is 46.3 Å². The highest BCUT2D eigenvalue weighted by Gasteiger charge is 2.57. The Bertz CT molecular complexity index is 1040. The average Bonchev–Trinajstić information content (AvgIpc) is 3.22. The summed E-state index contributed by atoms with van der Waals surface area (Å²) in [6.07, 6.45) is 22.4. The molecule has 8 atom stereocenters. The zero-order chi connectivity index (χ0) is 29.1. The quantitative estimate of drug-likeness (QED) is 0.234. The molecule has 6 N–H and O–H groups in total. The fraction of sp³-hybridized carbons (Fsp3) is 0.722. The van der Waals surface area contributed by atoms with Gasteiger partial charge in [-0.2, -0.15) is 0 Å². The van der Waals surface area contributed by atoms with E-state index in [-0.39, 0.29) is 6.10 Å². The summed E-state index contributed by atoms with van der Waals surface area (Å²) in [6, 6.07) is 5.65. The molecule has 2 bridgehead atoms. The minimum absolute atomic E-state index is 0.254. The molecule has 0 saturated heterocycles. The van der Waals surface area contributed by atoms with E-state index in [1.165, 1.54) is 57.8 Å². The minimum Gasteiger partial charge on any atom is -0.488 e. The van der Waals surface area contributed by atoms with Gasteiger partial charge in [0.2, 0.25) is 0 Å². The van der Waals surface area contributed by atoms with Gasteiger partial charge in [-0.3, -0.25) is 0 Å². The number of allylic oxidation sites excluding steroid dienone is 4. The van der Waals surface area contributed by atoms with Crippen molar-refractivity contribution in [1.82, 2.24) is 0 Å². The first-order valence-electron chi connectivity index (χ1n) is 16.4. The molecule has 4 nitrogen and oxygen atoms in total. The van der Waals surface area contributed by atoms with E-state index in [0.717, 1.165) is 53.9 Å². The number of hydrogen-bond donors (Lipinski definition) is 3. The van der Waals surface area contributed by atoms with Gasteiger partial charge in [0.15, 0.2) is 0 Å². The van der Waals surface area contributed by atoms with Gasteiger partial charge in [0, 0.05) is 11.4 Å². The van der Waals surface area contributed by atoms with Crippen molar-refractivity contribution < 1.29 is 4.74 Å². The average molecular weight is 550 g/mol. The summed E-state index contributed by atoms with van der Waals surface area (Å²) in [4.78, 5) is 0. The number of anilines is 2. The van der Waals surface area contributed by atoms with Crippen molar-refractivity contribution in [3.8, 4) is 5.75 Å². The van der Waals surface area contributed by atoms with Gasteiger partial charge in [-0.1, -0.05) is 65.2 Å². The highest BCUT2D eigenvalue weighted by Crippen LogP contribution is 2.66. The van der Waals surface area contributed by atoms with Gasteiger partial charge >= 0.3 is 0 Å². The molecule has 0 heterocycles. The maximum atomic E-state index is 6.44. The molecule has 224 valence electrons. The number of fused-ring (bicyclic) bond motifs is 3. The second kappa shape index (κ2) is 12.8. The van der Waals surface area contributed by atoms with E-state index in [1.54, 1.807) is 0 Å². The standard InChI is InChI=1S/C32H50N2O.C4H9N/c1-21(2)6-5-7-22(3)27-11-12-28-23-8-9-24-18-26(35-30-13-10-25(33)19-29(30)34)14-15-32(24,20-23)17-16-31(27,28)4;1-3-4(2)5/h8-10,13,19,21-24,26-28H,5-7,11-12,14-18,20,33-34H2,1-4H3;3H,5H2,1-2H3/b;4-3+. The van der Waals surface area contributed by atoms with Crippen LogP contribution in [-0.4, -0.2) is 6.10 Å². The van der Waals surface area contributed by atoms with E-state index in [9.17, 15) is 0 Å². The molecule has 8 unspecified atom stereocenters. The Morgan fingerprint density at radius 2 is 1.80 bits per heavy atom. The third-order valence-corrected chi connectivity index (χ3v) is 11.6. The zero-order valence-corrected chi connectivity index (χ0v) is 26.4. The predicted molar refractivity (Wildman–Crippen MR) is 172 cm³/mol. The van der Waals surface area contributed by atoms with Crippen molar-refractivity contribution >= 4 is 11.4 Å². The second-order valence-corrected chi connectivity index (χ2v) is 14.7. The first-order valence-corrected chi connectivity index (χ1v) is 16.4. The molecule has 4 heteroatoms. The van der Waals surface area contributed by atoms with Crippen LogP contribution in [0.1, 0.15) is 112 Å². The van der Waals surface area contributed by atoms with Crippen molar-refractivity contribution in [2.45, 2.75) is 118 Å². The van der Waals surface area contributed by atoms with Gasteiger partial charge < -0.3 is 21.9 Å². The maximum absolute atomic E-state index is 6.44. The first kappa shape index (κ1) is 30.8. The van der Waals surface area contributed by atoms with E-state index in [0.29, 0.717) is 28.1 Å². The molecule has 0 aliphatic heterocycles. The number of rotatable bonds is 7. The number of nitrogens with two attached hydrogens (primary N) is 3. The zero-order valence-electron chi connectivity index (χ0n) is 26.4. The summed E-state index contributed by atoms with van der Waals surface area (Å²) >= 11 is 0. The Morgan fingerprint density at radius 3 is 2.48 bits per heavy atom. The van der Waals surface area contributed by atoms with Crippen LogP contribution in [0.4, 0.5) is 11.4 Å². The maximum Gasteiger partial charge on any atom is 0.142 e. The van der Waals surface area contributed by atoms with Crippen molar-refractivity contribution in [2.24, 2.45) is 52.1 Å². The SMILES string of the molecule is C/C=C(\C)N.CC(C)CCCC(C)C1CCC2C3C=CC4CC(Oc5ccc(N)cc5N)CCC4(CCC12C)C3. The Hall–Kier alpha value is -2.10. The van der Waals surface area contributed by atoms with Crippen LogP contribution in [0.25, 0.3) is 0 Å². The van der Waals surface area contributed by atoms with Crippen LogP contribution in [-0.2, 0) is 0 Å². The Labute approximate surface area is 245 Å². The first-order chi connectivity index (χ1) is 19.0. The second-order valence-electron chi connectivity index (χ2n) is 14.7. The van der Waals surface area contributed by atoms with Crippen LogP contribution in [0.3, 0.4) is 0 Å². The fourth-order valence-corrected chi connectivity index (χ4v) is 9.15. The Kier molecular flexibility index (Phi) is 9.89. The molecular formula is C36H59N3O. The Morgan fingerprint density at radius 1 is 1.05 bits per heavy atom. The van der Waals surface area contributed by atoms with E-state index >= 15 is 0 Å². The third-order valence-electron chi connectivity index (χ3n) is 11.6. The van der Waals surface area contributed by atoms with Gasteiger partial charge in [-0.15, -0.1) is 0 Å². The molecule has 1 spiro atoms.